The lowest BCUT2D eigenvalue weighted by atomic mass is 9.97. The number of hydrogen-bond donors (Lipinski definition) is 0. The molecule has 4 aromatic rings. The van der Waals surface area contributed by atoms with Crippen molar-refractivity contribution in [2.75, 3.05) is 7.05 Å². The molecule has 4 rings (SSSR count). The van der Waals surface area contributed by atoms with E-state index >= 15 is 0 Å². The van der Waals surface area contributed by atoms with E-state index in [1.54, 1.807) is 19.0 Å². The highest BCUT2D eigenvalue weighted by molar-refractivity contribution is 5.78. The quantitative estimate of drug-likeness (QED) is 0.527. The van der Waals surface area contributed by atoms with Crippen molar-refractivity contribution in [2.45, 2.75) is 12.6 Å². The molecule has 146 valence electrons. The Bertz CT molecular complexity index is 1160. The first-order valence-electron chi connectivity index (χ1n) is 9.29. The molecular formula is C22H21N5O2. The van der Waals surface area contributed by atoms with Crippen LogP contribution in [0.2, 0.25) is 0 Å². The van der Waals surface area contributed by atoms with Gasteiger partial charge in [-0.1, -0.05) is 60.7 Å². The fourth-order valence-electron chi connectivity index (χ4n) is 3.49. The van der Waals surface area contributed by atoms with E-state index in [4.69, 9.17) is 0 Å². The van der Waals surface area contributed by atoms with Crippen LogP contribution < -0.4 is 5.56 Å². The Morgan fingerprint density at radius 2 is 1.62 bits per heavy atom. The molecule has 7 heteroatoms. The zero-order valence-corrected chi connectivity index (χ0v) is 16.3. The van der Waals surface area contributed by atoms with E-state index in [0.29, 0.717) is 11.0 Å². The monoisotopic (exact) mass is 387 g/mol. The zero-order valence-electron chi connectivity index (χ0n) is 16.3. The summed E-state index contributed by atoms with van der Waals surface area (Å²) in [6.07, 6.45) is 2.88. The summed E-state index contributed by atoms with van der Waals surface area (Å²) >= 11 is 0. The van der Waals surface area contributed by atoms with Crippen LogP contribution in [0.25, 0.3) is 11.0 Å². The molecular weight excluding hydrogens is 366 g/mol. The van der Waals surface area contributed by atoms with Crippen molar-refractivity contribution in [3.8, 4) is 0 Å². The molecule has 2 aromatic carbocycles. The summed E-state index contributed by atoms with van der Waals surface area (Å²) in [6.45, 7) is -0.0939. The molecule has 0 radical (unpaired) electrons. The molecule has 2 aromatic heterocycles. The van der Waals surface area contributed by atoms with E-state index in [0.717, 1.165) is 11.1 Å². The highest BCUT2D eigenvalue weighted by Gasteiger charge is 2.24. The summed E-state index contributed by atoms with van der Waals surface area (Å²) in [6, 6.07) is 19.4. The van der Waals surface area contributed by atoms with Crippen LogP contribution in [0.5, 0.6) is 0 Å². The standard InChI is InChI=1S/C22H21N5O2/c1-25(20(16-9-5-3-6-10-16)17-11-7-4-8-12-17)19(28)14-27-15-23-21-18(22(27)29)13-24-26(21)2/h3-13,15,20H,14H2,1-2H3. The summed E-state index contributed by atoms with van der Waals surface area (Å²) in [5, 5.41) is 4.46. The van der Waals surface area contributed by atoms with Gasteiger partial charge in [-0.05, 0) is 11.1 Å². The van der Waals surface area contributed by atoms with Gasteiger partial charge in [-0.2, -0.15) is 5.10 Å². The predicted molar refractivity (Wildman–Crippen MR) is 110 cm³/mol. The normalized spacial score (nSPS) is 11.1. The molecule has 0 aliphatic carbocycles. The molecule has 2 heterocycles. The third-order valence-electron chi connectivity index (χ3n) is 5.04. The lowest BCUT2D eigenvalue weighted by Crippen LogP contribution is -2.37. The van der Waals surface area contributed by atoms with Gasteiger partial charge in [-0.15, -0.1) is 0 Å². The minimum absolute atomic E-state index is 0.0939. The van der Waals surface area contributed by atoms with Gasteiger partial charge >= 0.3 is 0 Å². The summed E-state index contributed by atoms with van der Waals surface area (Å²) < 4.78 is 2.87. The topological polar surface area (TPSA) is 73.0 Å². The molecule has 0 bridgehead atoms. The van der Waals surface area contributed by atoms with Crippen LogP contribution in [0, 0.1) is 0 Å². The molecule has 0 N–H and O–H groups in total. The molecule has 0 saturated heterocycles. The number of nitrogens with zero attached hydrogens (tertiary/aromatic N) is 5. The van der Waals surface area contributed by atoms with E-state index in [1.807, 2.05) is 60.7 Å². The molecule has 0 saturated carbocycles. The maximum atomic E-state index is 13.1. The Morgan fingerprint density at radius 3 is 2.21 bits per heavy atom. The highest BCUT2D eigenvalue weighted by atomic mass is 16.2. The number of likely N-dealkylation sites (N-methyl/N-ethyl adjacent to an activating group) is 1. The van der Waals surface area contributed by atoms with Gasteiger partial charge in [0.05, 0.1) is 12.2 Å². The Morgan fingerprint density at radius 1 is 1.03 bits per heavy atom. The number of aromatic nitrogens is 4. The maximum Gasteiger partial charge on any atom is 0.264 e. The maximum absolute atomic E-state index is 13.1. The van der Waals surface area contributed by atoms with Crippen molar-refractivity contribution in [2.24, 2.45) is 7.05 Å². The molecule has 29 heavy (non-hydrogen) atoms. The lowest BCUT2D eigenvalue weighted by Gasteiger charge is -2.29. The van der Waals surface area contributed by atoms with Crippen LogP contribution in [-0.2, 0) is 18.4 Å². The number of aryl methyl sites for hydroxylation is 1. The Labute approximate surface area is 167 Å². The van der Waals surface area contributed by atoms with Crippen LogP contribution >= 0.6 is 0 Å². The van der Waals surface area contributed by atoms with Crippen LogP contribution in [-0.4, -0.2) is 37.2 Å². The van der Waals surface area contributed by atoms with Crippen molar-refractivity contribution in [3.05, 3.63) is 94.7 Å². The van der Waals surface area contributed by atoms with E-state index < -0.39 is 0 Å². The Kier molecular flexibility index (Phi) is 4.95. The van der Waals surface area contributed by atoms with Gasteiger partial charge in [0.25, 0.3) is 5.56 Å². The number of amides is 1. The van der Waals surface area contributed by atoms with Crippen molar-refractivity contribution >= 4 is 16.9 Å². The fourth-order valence-corrected chi connectivity index (χ4v) is 3.49. The first kappa shape index (κ1) is 18.6. The number of benzene rings is 2. The van der Waals surface area contributed by atoms with Crippen molar-refractivity contribution in [1.82, 2.24) is 24.2 Å². The van der Waals surface area contributed by atoms with Crippen molar-refractivity contribution < 1.29 is 4.79 Å². The molecule has 0 unspecified atom stereocenters. The lowest BCUT2D eigenvalue weighted by molar-refractivity contribution is -0.132. The average molecular weight is 387 g/mol. The van der Waals surface area contributed by atoms with Crippen LogP contribution in [0.3, 0.4) is 0 Å². The summed E-state index contributed by atoms with van der Waals surface area (Å²) in [5.41, 5.74) is 2.23. The predicted octanol–water partition coefficient (Wildman–Crippen LogP) is 2.38. The molecule has 0 spiro atoms. The van der Waals surface area contributed by atoms with Crippen LogP contribution in [0.15, 0.2) is 78.0 Å². The van der Waals surface area contributed by atoms with Crippen molar-refractivity contribution in [3.63, 3.8) is 0 Å². The first-order valence-corrected chi connectivity index (χ1v) is 9.29. The van der Waals surface area contributed by atoms with Gasteiger partial charge in [0, 0.05) is 14.1 Å². The SMILES string of the molecule is CN(C(=O)Cn1cnc2c(cnn2C)c1=O)C(c1ccccc1)c1ccccc1. The Balaban J connectivity index is 1.66. The van der Waals surface area contributed by atoms with Gasteiger partial charge in [-0.3, -0.25) is 18.8 Å². The van der Waals surface area contributed by atoms with Crippen LogP contribution in [0.4, 0.5) is 0 Å². The van der Waals surface area contributed by atoms with E-state index in [-0.39, 0.29) is 24.1 Å². The minimum atomic E-state index is -0.277. The summed E-state index contributed by atoms with van der Waals surface area (Å²) in [4.78, 5) is 31.8. The number of hydrogen-bond acceptors (Lipinski definition) is 4. The molecule has 1 amide bonds. The largest absolute Gasteiger partial charge is 0.333 e. The molecule has 7 nitrogen and oxygen atoms in total. The molecule has 0 fully saturated rings. The number of fused-ring (bicyclic) bond motifs is 1. The minimum Gasteiger partial charge on any atom is -0.333 e. The second-order valence-electron chi connectivity index (χ2n) is 6.91. The smallest absolute Gasteiger partial charge is 0.264 e. The van der Waals surface area contributed by atoms with Gasteiger partial charge < -0.3 is 4.90 Å². The van der Waals surface area contributed by atoms with Crippen LogP contribution in [0.1, 0.15) is 17.2 Å². The first-order chi connectivity index (χ1) is 14.1. The molecule has 0 aliphatic heterocycles. The summed E-state index contributed by atoms with van der Waals surface area (Å²) in [7, 11) is 3.48. The van der Waals surface area contributed by atoms with Gasteiger partial charge in [0.15, 0.2) is 5.65 Å². The third kappa shape index (κ3) is 3.54. The molecule has 0 aliphatic rings. The average Bonchev–Trinajstić information content (AvgIpc) is 3.13. The van der Waals surface area contributed by atoms with Gasteiger partial charge in [0.2, 0.25) is 5.91 Å². The third-order valence-corrected chi connectivity index (χ3v) is 5.04. The number of rotatable bonds is 5. The second kappa shape index (κ2) is 7.71. The van der Waals surface area contributed by atoms with Crippen molar-refractivity contribution in [1.29, 1.82) is 0 Å². The number of carbonyl (C=O) groups excluding carboxylic acids is 1. The summed E-state index contributed by atoms with van der Waals surface area (Å²) in [5.74, 6) is -0.185. The second-order valence-corrected chi connectivity index (χ2v) is 6.91. The van der Waals surface area contributed by atoms with E-state index in [9.17, 15) is 9.59 Å². The molecule has 0 atom stereocenters. The van der Waals surface area contributed by atoms with Gasteiger partial charge in [0.1, 0.15) is 18.3 Å². The van der Waals surface area contributed by atoms with E-state index in [2.05, 4.69) is 10.1 Å². The van der Waals surface area contributed by atoms with E-state index in [1.165, 1.54) is 21.8 Å². The fraction of sp³-hybridized carbons (Fsp3) is 0.182. The zero-order chi connectivity index (χ0) is 20.4. The van der Waals surface area contributed by atoms with Gasteiger partial charge in [-0.25, -0.2) is 4.98 Å². The number of carbonyl (C=O) groups is 1. The highest BCUT2D eigenvalue weighted by Crippen LogP contribution is 2.27. The Hall–Kier alpha value is -3.74.